The number of amides is 1. The molecule has 120 valence electrons. The Morgan fingerprint density at radius 2 is 1.81 bits per heavy atom. The van der Waals surface area contributed by atoms with Crippen LogP contribution in [-0.2, 0) is 4.79 Å². The summed E-state index contributed by atoms with van der Waals surface area (Å²) < 4.78 is 0. The third kappa shape index (κ3) is 2.74. The van der Waals surface area contributed by atoms with Crippen molar-refractivity contribution >= 4 is 5.91 Å². The Bertz CT molecular complexity index is 407. The lowest BCUT2D eigenvalue weighted by atomic mass is 9.68. The number of hydrogen-bond acceptors (Lipinski definition) is 2. The number of carbonyl (C=O) groups is 1. The summed E-state index contributed by atoms with van der Waals surface area (Å²) in [5, 5.41) is 3.43. The Hall–Kier alpha value is -0.570. The van der Waals surface area contributed by atoms with Gasteiger partial charge in [-0.25, -0.2) is 0 Å². The van der Waals surface area contributed by atoms with E-state index in [-0.39, 0.29) is 11.3 Å². The molecule has 0 heterocycles. The first-order valence-corrected chi connectivity index (χ1v) is 8.86. The number of carbonyl (C=O) groups excluding carboxylic acids is 1. The summed E-state index contributed by atoms with van der Waals surface area (Å²) in [7, 11) is 0. The number of hydrogen-bond donors (Lipinski definition) is 2. The van der Waals surface area contributed by atoms with Gasteiger partial charge in [0.15, 0.2) is 0 Å². The lowest BCUT2D eigenvalue weighted by Gasteiger charge is -2.43. The zero-order valence-corrected chi connectivity index (χ0v) is 14.0. The summed E-state index contributed by atoms with van der Waals surface area (Å²) in [6.07, 6.45) is 9.06. The fourth-order valence-corrected chi connectivity index (χ4v) is 5.54. The molecule has 0 aromatic heterocycles. The molecule has 3 unspecified atom stereocenters. The highest BCUT2D eigenvalue weighted by atomic mass is 16.1. The van der Waals surface area contributed by atoms with Gasteiger partial charge in [0.25, 0.3) is 0 Å². The van der Waals surface area contributed by atoms with Crippen LogP contribution in [0.1, 0.15) is 72.1 Å². The lowest BCUT2D eigenvalue weighted by molar-refractivity contribution is -0.125. The molecule has 3 N–H and O–H groups in total. The molecule has 1 amide bonds. The summed E-state index contributed by atoms with van der Waals surface area (Å²) in [5.41, 5.74) is 6.55. The number of rotatable bonds is 3. The van der Waals surface area contributed by atoms with E-state index in [9.17, 15) is 4.79 Å². The smallest absolute Gasteiger partial charge is 0.220 e. The summed E-state index contributed by atoms with van der Waals surface area (Å²) in [5.74, 6) is 1.63. The maximum atomic E-state index is 12.5. The molecule has 0 aliphatic heterocycles. The largest absolute Gasteiger partial charge is 0.352 e. The summed E-state index contributed by atoms with van der Waals surface area (Å²) in [6.45, 7) is 7.09. The van der Waals surface area contributed by atoms with Gasteiger partial charge in [0, 0.05) is 18.5 Å². The first-order chi connectivity index (χ1) is 9.81. The van der Waals surface area contributed by atoms with Gasteiger partial charge in [-0.3, -0.25) is 4.79 Å². The van der Waals surface area contributed by atoms with Crippen molar-refractivity contribution in [3.05, 3.63) is 0 Å². The first kappa shape index (κ1) is 15.3. The Kier molecular flexibility index (Phi) is 3.84. The van der Waals surface area contributed by atoms with Crippen molar-refractivity contribution in [1.29, 1.82) is 0 Å². The third-order valence-electron chi connectivity index (χ3n) is 6.94. The van der Waals surface area contributed by atoms with Crippen molar-refractivity contribution in [2.24, 2.45) is 28.4 Å². The van der Waals surface area contributed by atoms with E-state index in [0.29, 0.717) is 29.8 Å². The minimum absolute atomic E-state index is 0.261. The Morgan fingerprint density at radius 3 is 2.38 bits per heavy atom. The van der Waals surface area contributed by atoms with Crippen LogP contribution in [0.25, 0.3) is 0 Å². The van der Waals surface area contributed by atoms with Gasteiger partial charge in [-0.1, -0.05) is 20.8 Å². The van der Waals surface area contributed by atoms with Crippen LogP contribution in [0.3, 0.4) is 0 Å². The van der Waals surface area contributed by atoms with Crippen molar-refractivity contribution in [3.63, 3.8) is 0 Å². The van der Waals surface area contributed by atoms with Crippen molar-refractivity contribution in [1.82, 2.24) is 5.32 Å². The Labute approximate surface area is 129 Å². The predicted octanol–water partition coefficient (Wildman–Crippen LogP) is 3.23. The average molecular weight is 292 g/mol. The summed E-state index contributed by atoms with van der Waals surface area (Å²) in [4.78, 5) is 12.5. The maximum Gasteiger partial charge on any atom is 0.220 e. The van der Waals surface area contributed by atoms with E-state index in [2.05, 4.69) is 26.1 Å². The molecule has 0 aromatic rings. The standard InChI is InChI=1S/C18H32N2O/c1-17(2)13-8-9-18(3,11-13)16(17)20-15(21)10-12-4-6-14(19)7-5-12/h12-14,16H,4-11,19H2,1-3H3,(H,20,21). The zero-order valence-electron chi connectivity index (χ0n) is 14.0. The molecule has 3 fully saturated rings. The van der Waals surface area contributed by atoms with Crippen LogP contribution < -0.4 is 11.1 Å². The lowest BCUT2D eigenvalue weighted by Crippen LogP contribution is -2.52. The molecular formula is C18H32N2O. The molecule has 3 nitrogen and oxygen atoms in total. The quantitative estimate of drug-likeness (QED) is 0.839. The van der Waals surface area contributed by atoms with E-state index in [4.69, 9.17) is 5.73 Å². The van der Waals surface area contributed by atoms with Crippen LogP contribution in [0.5, 0.6) is 0 Å². The fourth-order valence-electron chi connectivity index (χ4n) is 5.54. The molecule has 21 heavy (non-hydrogen) atoms. The molecule has 3 saturated carbocycles. The van der Waals surface area contributed by atoms with Gasteiger partial charge in [-0.15, -0.1) is 0 Å². The van der Waals surface area contributed by atoms with Crippen molar-refractivity contribution in [2.75, 3.05) is 0 Å². The highest BCUT2D eigenvalue weighted by molar-refractivity contribution is 5.76. The highest BCUT2D eigenvalue weighted by Gasteiger charge is 2.59. The molecule has 3 rings (SSSR count). The van der Waals surface area contributed by atoms with Crippen molar-refractivity contribution in [2.45, 2.75) is 84.2 Å². The molecule has 3 atom stereocenters. The Balaban J connectivity index is 1.57. The average Bonchev–Trinajstić information content (AvgIpc) is 2.89. The Morgan fingerprint density at radius 1 is 1.14 bits per heavy atom. The molecular weight excluding hydrogens is 260 g/mol. The monoisotopic (exact) mass is 292 g/mol. The van der Waals surface area contributed by atoms with Gasteiger partial charge in [0.1, 0.15) is 0 Å². The van der Waals surface area contributed by atoms with Gasteiger partial charge in [0.2, 0.25) is 5.91 Å². The number of fused-ring (bicyclic) bond motifs is 2. The fraction of sp³-hybridized carbons (Fsp3) is 0.944. The van der Waals surface area contributed by atoms with E-state index in [1.54, 1.807) is 0 Å². The van der Waals surface area contributed by atoms with Crippen LogP contribution in [-0.4, -0.2) is 18.0 Å². The molecule has 0 radical (unpaired) electrons. The second kappa shape index (κ2) is 5.26. The second-order valence-electron chi connectivity index (χ2n) is 8.90. The normalized spacial score (nSPS) is 44.8. The first-order valence-electron chi connectivity index (χ1n) is 8.86. The van der Waals surface area contributed by atoms with E-state index in [1.165, 1.54) is 19.3 Å². The molecule has 2 bridgehead atoms. The minimum Gasteiger partial charge on any atom is -0.352 e. The van der Waals surface area contributed by atoms with Crippen LogP contribution in [0.2, 0.25) is 0 Å². The van der Waals surface area contributed by atoms with Gasteiger partial charge in [0.05, 0.1) is 0 Å². The van der Waals surface area contributed by atoms with Crippen LogP contribution in [0.15, 0.2) is 0 Å². The summed E-state index contributed by atoms with van der Waals surface area (Å²) in [6, 6.07) is 0.731. The minimum atomic E-state index is 0.261. The molecule has 3 heteroatoms. The van der Waals surface area contributed by atoms with Crippen LogP contribution >= 0.6 is 0 Å². The molecule has 0 saturated heterocycles. The van der Waals surface area contributed by atoms with Crippen molar-refractivity contribution < 1.29 is 4.79 Å². The van der Waals surface area contributed by atoms with E-state index < -0.39 is 0 Å². The van der Waals surface area contributed by atoms with Crippen molar-refractivity contribution in [3.8, 4) is 0 Å². The molecule has 0 aromatic carbocycles. The molecule has 3 aliphatic carbocycles. The number of nitrogens with two attached hydrogens (primary N) is 1. The topological polar surface area (TPSA) is 55.1 Å². The van der Waals surface area contributed by atoms with E-state index >= 15 is 0 Å². The summed E-state index contributed by atoms with van der Waals surface area (Å²) >= 11 is 0. The predicted molar refractivity (Wildman–Crippen MR) is 85.7 cm³/mol. The van der Waals surface area contributed by atoms with Crippen LogP contribution in [0.4, 0.5) is 0 Å². The molecule has 0 spiro atoms. The van der Waals surface area contributed by atoms with Gasteiger partial charge in [-0.2, -0.15) is 0 Å². The third-order valence-corrected chi connectivity index (χ3v) is 6.94. The van der Waals surface area contributed by atoms with Crippen LogP contribution in [0, 0.1) is 22.7 Å². The van der Waals surface area contributed by atoms with Gasteiger partial charge < -0.3 is 11.1 Å². The zero-order chi connectivity index (χ0) is 15.3. The SMILES string of the molecule is CC12CCC(C1)C(C)(C)C2NC(=O)CC1CCC(N)CC1. The van der Waals surface area contributed by atoms with E-state index in [0.717, 1.165) is 31.6 Å². The molecule has 3 aliphatic rings. The van der Waals surface area contributed by atoms with Gasteiger partial charge in [-0.05, 0) is 67.6 Å². The maximum absolute atomic E-state index is 12.5. The number of nitrogens with one attached hydrogen (secondary N) is 1. The van der Waals surface area contributed by atoms with E-state index in [1.807, 2.05) is 0 Å². The second-order valence-corrected chi connectivity index (χ2v) is 8.90. The van der Waals surface area contributed by atoms with Gasteiger partial charge >= 0.3 is 0 Å². The highest BCUT2D eigenvalue weighted by Crippen LogP contribution is 2.62.